The Morgan fingerprint density at radius 2 is 2.40 bits per heavy atom. The molecule has 1 heterocycles. The third-order valence-electron chi connectivity index (χ3n) is 1.60. The summed E-state index contributed by atoms with van der Waals surface area (Å²) in [7, 11) is 5.72. The zero-order valence-electron chi connectivity index (χ0n) is 6.66. The van der Waals surface area contributed by atoms with Gasteiger partial charge in [-0.25, -0.2) is 9.13 Å². The lowest BCUT2D eigenvalue weighted by molar-refractivity contribution is -0.680. The van der Waals surface area contributed by atoms with Crippen LogP contribution in [0.4, 0.5) is 0 Å². The quantitative estimate of drug-likeness (QED) is 0.530. The van der Waals surface area contributed by atoms with Gasteiger partial charge in [-0.05, 0) is 0 Å². The summed E-state index contributed by atoms with van der Waals surface area (Å²) in [5.41, 5.74) is 0. The van der Waals surface area contributed by atoms with Gasteiger partial charge in [0.25, 0.3) is 5.82 Å². The minimum Gasteiger partial charge on any atom is -0.372 e. The van der Waals surface area contributed by atoms with Gasteiger partial charge in [-0.1, -0.05) is 0 Å². The van der Waals surface area contributed by atoms with E-state index in [9.17, 15) is 0 Å². The van der Waals surface area contributed by atoms with Crippen molar-refractivity contribution in [3.8, 4) is 0 Å². The summed E-state index contributed by atoms with van der Waals surface area (Å²) in [6, 6.07) is 0. The van der Waals surface area contributed by atoms with E-state index in [1.165, 1.54) is 5.82 Å². The van der Waals surface area contributed by atoms with Crippen LogP contribution in [0, 0.1) is 0 Å². The predicted molar refractivity (Wildman–Crippen MR) is 37.3 cm³/mol. The summed E-state index contributed by atoms with van der Waals surface area (Å²) < 4.78 is 9.10. The van der Waals surface area contributed by atoms with Gasteiger partial charge in [-0.3, -0.25) is 0 Å². The number of imidazole rings is 1. The first-order valence-corrected chi connectivity index (χ1v) is 3.24. The van der Waals surface area contributed by atoms with Crippen molar-refractivity contribution in [3.05, 3.63) is 18.2 Å². The molecule has 0 fully saturated rings. The number of hydrogen-bond acceptors (Lipinski definition) is 1. The molecule has 1 rings (SSSR count). The second-order valence-electron chi connectivity index (χ2n) is 2.37. The number of aromatic nitrogens is 2. The Balaban J connectivity index is 2.87. The monoisotopic (exact) mass is 141 g/mol. The van der Waals surface area contributed by atoms with Crippen molar-refractivity contribution in [1.29, 1.82) is 0 Å². The van der Waals surface area contributed by atoms with Crippen LogP contribution in [-0.2, 0) is 25.4 Å². The van der Waals surface area contributed by atoms with Crippen LogP contribution < -0.4 is 4.57 Å². The topological polar surface area (TPSA) is 18.0 Å². The van der Waals surface area contributed by atoms with Gasteiger partial charge in [-0.15, -0.1) is 0 Å². The minimum absolute atomic E-state index is 0.667. The Kier molecular flexibility index (Phi) is 2.06. The average Bonchev–Trinajstić information content (AvgIpc) is 2.20. The molecule has 0 bridgehead atoms. The molecule has 0 aliphatic rings. The molecule has 0 amide bonds. The number of methoxy groups -OCH3 is 1. The van der Waals surface area contributed by atoms with E-state index < -0.39 is 0 Å². The largest absolute Gasteiger partial charge is 0.372 e. The van der Waals surface area contributed by atoms with Crippen molar-refractivity contribution in [2.24, 2.45) is 14.1 Å². The third kappa shape index (κ3) is 1.19. The van der Waals surface area contributed by atoms with Crippen LogP contribution in [-0.4, -0.2) is 11.7 Å². The summed E-state index contributed by atoms with van der Waals surface area (Å²) in [6.07, 6.45) is 4.02. The Hall–Kier alpha value is -0.830. The Morgan fingerprint density at radius 3 is 2.80 bits per heavy atom. The predicted octanol–water partition coefficient (Wildman–Crippen LogP) is -0.00400. The first-order valence-electron chi connectivity index (χ1n) is 3.24. The van der Waals surface area contributed by atoms with E-state index in [-0.39, 0.29) is 0 Å². The van der Waals surface area contributed by atoms with Gasteiger partial charge >= 0.3 is 0 Å². The van der Waals surface area contributed by atoms with Crippen molar-refractivity contribution >= 4 is 0 Å². The highest BCUT2D eigenvalue weighted by atomic mass is 16.5. The van der Waals surface area contributed by atoms with Crippen molar-refractivity contribution in [2.45, 2.75) is 6.61 Å². The summed E-state index contributed by atoms with van der Waals surface area (Å²) in [5, 5.41) is 0. The van der Waals surface area contributed by atoms with Crippen molar-refractivity contribution in [1.82, 2.24) is 4.57 Å². The van der Waals surface area contributed by atoms with Crippen LogP contribution in [0.25, 0.3) is 0 Å². The average molecular weight is 141 g/mol. The van der Waals surface area contributed by atoms with Gasteiger partial charge in [0.15, 0.2) is 0 Å². The summed E-state index contributed by atoms with van der Waals surface area (Å²) in [5.74, 6) is 1.17. The van der Waals surface area contributed by atoms with Crippen molar-refractivity contribution in [2.75, 3.05) is 7.11 Å². The SMILES string of the molecule is COCc1n(C)cc[n+]1C. The van der Waals surface area contributed by atoms with Gasteiger partial charge in [0.1, 0.15) is 19.0 Å². The number of rotatable bonds is 2. The first-order chi connectivity index (χ1) is 4.75. The van der Waals surface area contributed by atoms with Gasteiger partial charge < -0.3 is 4.74 Å². The molecule has 0 saturated heterocycles. The van der Waals surface area contributed by atoms with Crippen LogP contribution >= 0.6 is 0 Å². The molecule has 3 heteroatoms. The molecule has 0 radical (unpaired) electrons. The molecule has 1 aromatic heterocycles. The number of aryl methyl sites for hydroxylation is 2. The second-order valence-corrected chi connectivity index (χ2v) is 2.37. The fraction of sp³-hybridized carbons (Fsp3) is 0.571. The zero-order valence-corrected chi connectivity index (χ0v) is 6.66. The molecule has 56 valence electrons. The normalized spacial score (nSPS) is 10.3. The molecule has 0 aliphatic carbocycles. The molecule has 0 aliphatic heterocycles. The van der Waals surface area contributed by atoms with Crippen molar-refractivity contribution < 1.29 is 9.30 Å². The highest BCUT2D eigenvalue weighted by Crippen LogP contribution is 1.91. The Bertz CT molecular complexity index is 198. The highest BCUT2D eigenvalue weighted by Gasteiger charge is 2.08. The molecule has 3 nitrogen and oxygen atoms in total. The van der Waals surface area contributed by atoms with E-state index in [1.807, 2.05) is 35.6 Å². The van der Waals surface area contributed by atoms with Crippen LogP contribution in [0.3, 0.4) is 0 Å². The maximum Gasteiger partial charge on any atom is 0.282 e. The summed E-state index contributed by atoms with van der Waals surface area (Å²) in [4.78, 5) is 0. The minimum atomic E-state index is 0.667. The van der Waals surface area contributed by atoms with Crippen LogP contribution in [0.2, 0.25) is 0 Å². The van der Waals surface area contributed by atoms with Gasteiger partial charge in [0.05, 0.1) is 14.1 Å². The van der Waals surface area contributed by atoms with Gasteiger partial charge in [0.2, 0.25) is 0 Å². The second kappa shape index (κ2) is 2.84. The van der Waals surface area contributed by atoms with Crippen LogP contribution in [0.5, 0.6) is 0 Å². The molecular weight excluding hydrogens is 128 g/mol. The van der Waals surface area contributed by atoms with Crippen LogP contribution in [0.15, 0.2) is 12.4 Å². The Morgan fingerprint density at radius 1 is 1.70 bits per heavy atom. The summed E-state index contributed by atoms with van der Waals surface area (Å²) in [6.45, 7) is 0.667. The molecular formula is C7H13N2O+. The van der Waals surface area contributed by atoms with E-state index in [0.717, 1.165) is 0 Å². The molecule has 10 heavy (non-hydrogen) atoms. The van der Waals surface area contributed by atoms with E-state index in [1.54, 1.807) is 7.11 Å². The standard InChI is InChI=1S/C7H13N2O/c1-8-4-5-9(2)7(8)6-10-3/h4-5H,6H2,1-3H3/q+1. The van der Waals surface area contributed by atoms with Crippen LogP contribution in [0.1, 0.15) is 5.82 Å². The molecule has 0 spiro atoms. The fourth-order valence-electron chi connectivity index (χ4n) is 0.954. The lowest BCUT2D eigenvalue weighted by Crippen LogP contribution is -2.31. The maximum atomic E-state index is 5.01. The molecule has 0 N–H and O–H groups in total. The molecule has 0 unspecified atom stereocenters. The molecule has 0 saturated carbocycles. The zero-order chi connectivity index (χ0) is 7.56. The van der Waals surface area contributed by atoms with Gasteiger partial charge in [0, 0.05) is 7.11 Å². The first kappa shape index (κ1) is 7.28. The third-order valence-corrected chi connectivity index (χ3v) is 1.60. The summed E-state index contributed by atoms with van der Waals surface area (Å²) >= 11 is 0. The lowest BCUT2D eigenvalue weighted by atomic mass is 10.6. The van der Waals surface area contributed by atoms with Gasteiger partial charge in [-0.2, -0.15) is 0 Å². The fourth-order valence-corrected chi connectivity index (χ4v) is 0.954. The van der Waals surface area contributed by atoms with E-state index in [4.69, 9.17) is 4.74 Å². The van der Waals surface area contributed by atoms with E-state index in [0.29, 0.717) is 6.61 Å². The van der Waals surface area contributed by atoms with E-state index >= 15 is 0 Å². The van der Waals surface area contributed by atoms with E-state index in [2.05, 4.69) is 0 Å². The molecule has 0 atom stereocenters. The maximum absolute atomic E-state index is 5.01. The highest BCUT2D eigenvalue weighted by molar-refractivity contribution is 4.78. The number of ether oxygens (including phenoxy) is 1. The number of hydrogen-bond donors (Lipinski definition) is 0. The van der Waals surface area contributed by atoms with Crippen molar-refractivity contribution in [3.63, 3.8) is 0 Å². The molecule has 1 aromatic rings. The Labute approximate surface area is 60.9 Å². The lowest BCUT2D eigenvalue weighted by Gasteiger charge is -1.94. The number of nitrogens with zero attached hydrogens (tertiary/aromatic N) is 2. The molecule has 0 aromatic carbocycles. The smallest absolute Gasteiger partial charge is 0.282 e.